The second kappa shape index (κ2) is 4.49. The Hall–Kier alpha value is -0.990. The fourth-order valence-corrected chi connectivity index (χ4v) is 1.55. The molecular weight excluding hydrogens is 221 g/mol. The van der Waals surface area contributed by atoms with Crippen LogP contribution in [0, 0.1) is 0 Å². The summed E-state index contributed by atoms with van der Waals surface area (Å²) in [6.07, 6.45) is 1.32. The molecule has 0 fully saturated rings. The molecule has 0 bridgehead atoms. The Morgan fingerprint density at radius 3 is 2.64 bits per heavy atom. The van der Waals surface area contributed by atoms with Crippen molar-refractivity contribution in [3.05, 3.63) is 39.9 Å². The van der Waals surface area contributed by atoms with Gasteiger partial charge in [0.15, 0.2) is 0 Å². The molecule has 14 heavy (non-hydrogen) atoms. The Balaban J connectivity index is 3.20. The van der Waals surface area contributed by atoms with Crippen LogP contribution in [0.2, 0.25) is 10.0 Å². The molecule has 0 saturated heterocycles. The van der Waals surface area contributed by atoms with Crippen LogP contribution in [0.15, 0.2) is 24.3 Å². The van der Waals surface area contributed by atoms with Crippen LogP contribution in [0.3, 0.4) is 0 Å². The third kappa shape index (κ3) is 2.50. The zero-order valence-electron chi connectivity index (χ0n) is 7.55. The highest BCUT2D eigenvalue weighted by Gasteiger charge is 2.06. The van der Waals surface area contributed by atoms with Gasteiger partial charge in [0.25, 0.3) is 0 Å². The lowest BCUT2D eigenvalue weighted by molar-refractivity contribution is -0.113. The molecule has 0 heterocycles. The van der Waals surface area contributed by atoms with Crippen LogP contribution < -0.4 is 5.73 Å². The molecule has 1 aromatic rings. The van der Waals surface area contributed by atoms with Crippen molar-refractivity contribution < 1.29 is 4.79 Å². The molecule has 0 aliphatic rings. The summed E-state index contributed by atoms with van der Waals surface area (Å²) in [6, 6.07) is 5.23. The summed E-state index contributed by atoms with van der Waals surface area (Å²) in [6.45, 7) is 1.75. The van der Waals surface area contributed by atoms with Crippen LogP contribution in [-0.4, -0.2) is 5.91 Å². The first-order valence-corrected chi connectivity index (χ1v) is 4.70. The Labute approximate surface area is 92.3 Å². The summed E-state index contributed by atoms with van der Waals surface area (Å²) >= 11 is 11.8. The fourth-order valence-electron chi connectivity index (χ4n) is 1.10. The van der Waals surface area contributed by atoms with E-state index in [4.69, 9.17) is 28.9 Å². The lowest BCUT2D eigenvalue weighted by atomic mass is 10.1. The van der Waals surface area contributed by atoms with E-state index < -0.39 is 5.91 Å². The molecule has 0 atom stereocenters. The molecule has 2 nitrogen and oxygen atoms in total. The van der Waals surface area contributed by atoms with Gasteiger partial charge in [0.1, 0.15) is 0 Å². The van der Waals surface area contributed by atoms with E-state index in [-0.39, 0.29) is 0 Å². The van der Waals surface area contributed by atoms with Gasteiger partial charge in [0.2, 0.25) is 5.91 Å². The van der Waals surface area contributed by atoms with Gasteiger partial charge in [-0.15, -0.1) is 0 Å². The Morgan fingerprint density at radius 2 is 2.07 bits per heavy atom. The number of carbonyl (C=O) groups excluding carboxylic acids is 1. The number of nitrogens with two attached hydrogens (primary N) is 1. The molecule has 0 unspecified atom stereocenters. The van der Waals surface area contributed by atoms with Crippen LogP contribution in [0.5, 0.6) is 0 Å². The average molecular weight is 230 g/mol. The predicted molar refractivity (Wildman–Crippen MR) is 59.3 cm³/mol. The smallest absolute Gasteiger partial charge is 0.241 e. The summed E-state index contributed by atoms with van der Waals surface area (Å²) in [5.41, 5.74) is 6.45. The standard InChI is InChI=1S/C10H9Cl2NO/c1-6(5-9(13)14)7-3-2-4-8(11)10(7)12/h2-5H,1H3,(H2,13,14)/b6-5-. The van der Waals surface area contributed by atoms with Crippen LogP contribution >= 0.6 is 23.2 Å². The van der Waals surface area contributed by atoms with Crippen molar-refractivity contribution in [2.45, 2.75) is 6.92 Å². The largest absolute Gasteiger partial charge is 0.366 e. The van der Waals surface area contributed by atoms with E-state index in [9.17, 15) is 4.79 Å². The first kappa shape index (κ1) is 11.1. The molecule has 4 heteroatoms. The SMILES string of the molecule is C/C(=C/C(N)=O)c1cccc(Cl)c1Cl. The highest BCUT2D eigenvalue weighted by atomic mass is 35.5. The van der Waals surface area contributed by atoms with Crippen molar-refractivity contribution in [1.82, 2.24) is 0 Å². The molecular formula is C10H9Cl2NO. The Kier molecular flexibility index (Phi) is 3.55. The van der Waals surface area contributed by atoms with Crippen LogP contribution in [0.25, 0.3) is 5.57 Å². The number of carbonyl (C=O) groups is 1. The zero-order valence-corrected chi connectivity index (χ0v) is 9.06. The van der Waals surface area contributed by atoms with Gasteiger partial charge in [-0.1, -0.05) is 35.3 Å². The topological polar surface area (TPSA) is 43.1 Å². The average Bonchev–Trinajstić information content (AvgIpc) is 2.08. The summed E-state index contributed by atoms with van der Waals surface area (Å²) in [4.78, 5) is 10.6. The van der Waals surface area contributed by atoms with Gasteiger partial charge >= 0.3 is 0 Å². The van der Waals surface area contributed by atoms with E-state index in [1.807, 2.05) is 0 Å². The third-order valence-electron chi connectivity index (χ3n) is 1.74. The summed E-state index contributed by atoms with van der Waals surface area (Å²) < 4.78 is 0. The van der Waals surface area contributed by atoms with E-state index in [0.717, 1.165) is 5.56 Å². The fraction of sp³-hybridized carbons (Fsp3) is 0.100. The monoisotopic (exact) mass is 229 g/mol. The molecule has 0 radical (unpaired) electrons. The first-order valence-electron chi connectivity index (χ1n) is 3.94. The second-order valence-electron chi connectivity index (χ2n) is 2.83. The molecule has 0 aliphatic carbocycles. The third-order valence-corrected chi connectivity index (χ3v) is 2.55. The Bertz CT molecular complexity index is 399. The lowest BCUT2D eigenvalue weighted by Crippen LogP contribution is -2.06. The molecule has 1 aromatic carbocycles. The zero-order chi connectivity index (χ0) is 10.7. The van der Waals surface area contributed by atoms with Crippen molar-refractivity contribution in [3.8, 4) is 0 Å². The van der Waals surface area contributed by atoms with Gasteiger partial charge < -0.3 is 5.73 Å². The number of halogens is 2. The van der Waals surface area contributed by atoms with E-state index in [1.165, 1.54) is 6.08 Å². The summed E-state index contributed by atoms with van der Waals surface area (Å²) in [5.74, 6) is -0.501. The van der Waals surface area contributed by atoms with Crippen molar-refractivity contribution in [3.63, 3.8) is 0 Å². The van der Waals surface area contributed by atoms with Gasteiger partial charge in [-0.2, -0.15) is 0 Å². The highest BCUT2D eigenvalue weighted by Crippen LogP contribution is 2.29. The Morgan fingerprint density at radius 1 is 1.43 bits per heavy atom. The van der Waals surface area contributed by atoms with Crippen molar-refractivity contribution >= 4 is 34.7 Å². The lowest BCUT2D eigenvalue weighted by Gasteiger charge is -2.04. The number of benzene rings is 1. The molecule has 74 valence electrons. The maximum absolute atomic E-state index is 10.6. The highest BCUT2D eigenvalue weighted by molar-refractivity contribution is 6.43. The van der Waals surface area contributed by atoms with Gasteiger partial charge in [0, 0.05) is 6.08 Å². The van der Waals surface area contributed by atoms with E-state index in [2.05, 4.69) is 0 Å². The quantitative estimate of drug-likeness (QED) is 0.780. The minimum atomic E-state index is -0.501. The minimum Gasteiger partial charge on any atom is -0.366 e. The summed E-state index contributed by atoms with van der Waals surface area (Å²) in [7, 11) is 0. The summed E-state index contributed by atoms with van der Waals surface area (Å²) in [5, 5.41) is 0.894. The van der Waals surface area contributed by atoms with Crippen LogP contribution in [0.4, 0.5) is 0 Å². The first-order chi connectivity index (χ1) is 6.52. The molecule has 0 spiro atoms. The number of hydrogen-bond acceptors (Lipinski definition) is 1. The number of primary amides is 1. The van der Waals surface area contributed by atoms with Gasteiger partial charge in [0.05, 0.1) is 10.0 Å². The van der Waals surface area contributed by atoms with Crippen LogP contribution in [-0.2, 0) is 4.79 Å². The van der Waals surface area contributed by atoms with Gasteiger partial charge in [-0.25, -0.2) is 0 Å². The molecule has 1 amide bonds. The molecule has 2 N–H and O–H groups in total. The number of rotatable bonds is 2. The van der Waals surface area contributed by atoms with Gasteiger partial charge in [-0.05, 0) is 24.1 Å². The van der Waals surface area contributed by atoms with Crippen LogP contribution in [0.1, 0.15) is 12.5 Å². The minimum absolute atomic E-state index is 0.434. The molecule has 1 rings (SSSR count). The number of amides is 1. The maximum atomic E-state index is 10.6. The van der Waals surface area contributed by atoms with Crippen molar-refractivity contribution in [2.24, 2.45) is 5.73 Å². The van der Waals surface area contributed by atoms with E-state index in [1.54, 1.807) is 25.1 Å². The van der Waals surface area contributed by atoms with E-state index in [0.29, 0.717) is 15.6 Å². The molecule has 0 saturated carbocycles. The molecule has 0 aromatic heterocycles. The predicted octanol–water partition coefficient (Wildman–Crippen LogP) is 2.88. The number of hydrogen-bond donors (Lipinski definition) is 1. The maximum Gasteiger partial charge on any atom is 0.241 e. The second-order valence-corrected chi connectivity index (χ2v) is 3.62. The van der Waals surface area contributed by atoms with Crippen molar-refractivity contribution in [1.29, 1.82) is 0 Å². The van der Waals surface area contributed by atoms with E-state index >= 15 is 0 Å². The van der Waals surface area contributed by atoms with Gasteiger partial charge in [-0.3, -0.25) is 4.79 Å². The normalized spacial score (nSPS) is 11.5. The molecule has 0 aliphatic heterocycles. The van der Waals surface area contributed by atoms with Crippen molar-refractivity contribution in [2.75, 3.05) is 0 Å². The number of allylic oxidation sites excluding steroid dienone is 1.